The second-order valence-corrected chi connectivity index (χ2v) is 6.98. The summed E-state index contributed by atoms with van der Waals surface area (Å²) in [5, 5.41) is 25.4. The third-order valence-electron chi connectivity index (χ3n) is 4.91. The second kappa shape index (κ2) is 7.98. The Kier molecular flexibility index (Phi) is 5.72. The molecule has 2 N–H and O–H groups in total. The molecule has 2 aromatic rings. The van der Waals surface area contributed by atoms with Crippen LogP contribution in [-0.4, -0.2) is 42.9 Å². The molecule has 1 aliphatic rings. The minimum atomic E-state index is -3.50. The summed E-state index contributed by atoms with van der Waals surface area (Å²) in [5.41, 5.74) is -1.34. The van der Waals surface area contributed by atoms with Gasteiger partial charge in [-0.15, -0.1) is 0 Å². The van der Waals surface area contributed by atoms with E-state index in [-0.39, 0.29) is 28.5 Å². The Morgan fingerprint density at radius 1 is 1.32 bits per heavy atom. The van der Waals surface area contributed by atoms with Crippen LogP contribution in [0.2, 0.25) is 0 Å². The van der Waals surface area contributed by atoms with Crippen LogP contribution in [0.4, 0.5) is 23.2 Å². The SMILES string of the molecule is Cc1nn(Cc2ccc(C(=O)N3NC(=C(F)F)CC3(O)C(F)F)cc2)c(C)c1[N+](=O)[O-]. The molecule has 1 amide bonds. The lowest BCUT2D eigenvalue weighted by molar-refractivity contribution is -0.386. The maximum Gasteiger partial charge on any atom is 0.312 e. The van der Waals surface area contributed by atoms with Crippen LogP contribution in [0.15, 0.2) is 36.0 Å². The second-order valence-electron chi connectivity index (χ2n) is 6.98. The number of aliphatic hydroxyl groups is 1. The van der Waals surface area contributed by atoms with Crippen LogP contribution in [0.5, 0.6) is 0 Å². The predicted octanol–water partition coefficient (Wildman–Crippen LogP) is 2.87. The molecule has 9 nitrogen and oxygen atoms in total. The van der Waals surface area contributed by atoms with E-state index >= 15 is 0 Å². The van der Waals surface area contributed by atoms with E-state index in [0.29, 0.717) is 11.3 Å². The number of nitrogens with zero attached hydrogens (tertiary/aromatic N) is 4. The predicted molar refractivity (Wildman–Crippen MR) is 98.0 cm³/mol. The molecule has 166 valence electrons. The van der Waals surface area contributed by atoms with Gasteiger partial charge in [0.2, 0.25) is 5.72 Å². The van der Waals surface area contributed by atoms with Crippen molar-refractivity contribution in [2.24, 2.45) is 0 Å². The van der Waals surface area contributed by atoms with E-state index in [9.17, 15) is 37.6 Å². The van der Waals surface area contributed by atoms with Crippen molar-refractivity contribution in [3.8, 4) is 0 Å². The van der Waals surface area contributed by atoms with Gasteiger partial charge in [0.05, 0.1) is 17.9 Å². The number of hydrazine groups is 1. The number of aromatic nitrogens is 2. The zero-order valence-corrected chi connectivity index (χ0v) is 16.3. The van der Waals surface area contributed by atoms with Gasteiger partial charge in [-0.25, -0.2) is 13.8 Å². The topological polar surface area (TPSA) is 114 Å². The normalized spacial score (nSPS) is 18.5. The summed E-state index contributed by atoms with van der Waals surface area (Å²) in [4.78, 5) is 23.2. The van der Waals surface area contributed by atoms with Gasteiger partial charge in [0, 0.05) is 5.56 Å². The van der Waals surface area contributed by atoms with Gasteiger partial charge in [-0.2, -0.15) is 13.9 Å². The van der Waals surface area contributed by atoms with E-state index in [2.05, 4.69) is 5.10 Å². The van der Waals surface area contributed by atoms with E-state index in [4.69, 9.17) is 0 Å². The molecule has 2 heterocycles. The fourth-order valence-electron chi connectivity index (χ4n) is 3.28. The van der Waals surface area contributed by atoms with Crippen LogP contribution in [0.1, 0.15) is 33.7 Å². The molecular formula is C18H17F4N5O4. The fraction of sp³-hybridized carbons (Fsp3) is 0.333. The Hall–Kier alpha value is -3.48. The smallest absolute Gasteiger partial charge is 0.312 e. The molecule has 1 atom stereocenters. The highest BCUT2D eigenvalue weighted by molar-refractivity contribution is 5.94. The number of hydrogen-bond donors (Lipinski definition) is 2. The largest absolute Gasteiger partial charge is 0.364 e. The number of benzene rings is 1. The molecule has 0 aliphatic carbocycles. The number of carbonyl (C=O) groups excluding carboxylic acids is 1. The summed E-state index contributed by atoms with van der Waals surface area (Å²) in [5.74, 6) is -1.13. The van der Waals surface area contributed by atoms with Crippen LogP contribution in [0.25, 0.3) is 0 Å². The summed E-state index contributed by atoms with van der Waals surface area (Å²) in [6.45, 7) is 3.17. The summed E-state index contributed by atoms with van der Waals surface area (Å²) in [6, 6.07) is 5.44. The third kappa shape index (κ3) is 3.95. The van der Waals surface area contributed by atoms with Crippen LogP contribution in [0.3, 0.4) is 0 Å². The Labute approximate surface area is 172 Å². The number of alkyl halides is 2. The molecule has 3 rings (SSSR count). The lowest BCUT2D eigenvalue weighted by atomic mass is 10.1. The number of aryl methyl sites for hydroxylation is 1. The summed E-state index contributed by atoms with van der Waals surface area (Å²) in [6.07, 6.45) is -6.96. The lowest BCUT2D eigenvalue weighted by Gasteiger charge is -2.31. The first kappa shape index (κ1) is 22.2. The number of hydrogen-bond acceptors (Lipinski definition) is 6. The van der Waals surface area contributed by atoms with E-state index in [1.165, 1.54) is 42.8 Å². The van der Waals surface area contributed by atoms with E-state index in [1.807, 2.05) is 5.43 Å². The van der Waals surface area contributed by atoms with Crippen molar-refractivity contribution in [3.05, 3.63) is 68.7 Å². The van der Waals surface area contributed by atoms with Crippen molar-refractivity contribution in [1.82, 2.24) is 20.2 Å². The Morgan fingerprint density at radius 3 is 2.42 bits per heavy atom. The Bertz CT molecular complexity index is 1070. The molecule has 1 aromatic heterocycles. The Balaban J connectivity index is 1.83. The number of carbonyl (C=O) groups is 1. The highest BCUT2D eigenvalue weighted by Gasteiger charge is 2.53. The van der Waals surface area contributed by atoms with Gasteiger partial charge < -0.3 is 5.11 Å². The zero-order chi connectivity index (χ0) is 23.1. The fourth-order valence-corrected chi connectivity index (χ4v) is 3.28. The van der Waals surface area contributed by atoms with E-state index in [1.54, 1.807) is 0 Å². The summed E-state index contributed by atoms with van der Waals surface area (Å²) < 4.78 is 53.7. The van der Waals surface area contributed by atoms with E-state index in [0.717, 1.165) is 0 Å². The minimum absolute atomic E-state index is 0.0888. The highest BCUT2D eigenvalue weighted by Crippen LogP contribution is 2.35. The van der Waals surface area contributed by atoms with Crippen molar-refractivity contribution in [2.45, 2.75) is 39.0 Å². The van der Waals surface area contributed by atoms with Crippen LogP contribution >= 0.6 is 0 Å². The van der Waals surface area contributed by atoms with Crippen molar-refractivity contribution in [3.63, 3.8) is 0 Å². The van der Waals surface area contributed by atoms with Crippen molar-refractivity contribution in [1.29, 1.82) is 0 Å². The van der Waals surface area contributed by atoms with Gasteiger partial charge in [0.1, 0.15) is 17.1 Å². The average Bonchev–Trinajstić information content (AvgIpc) is 3.19. The van der Waals surface area contributed by atoms with Crippen LogP contribution in [0, 0.1) is 24.0 Å². The molecule has 1 saturated heterocycles. The molecule has 1 fully saturated rings. The van der Waals surface area contributed by atoms with Crippen LogP contribution in [-0.2, 0) is 6.54 Å². The first-order valence-corrected chi connectivity index (χ1v) is 8.89. The van der Waals surface area contributed by atoms with Gasteiger partial charge in [-0.3, -0.25) is 25.0 Å². The lowest BCUT2D eigenvalue weighted by Crippen LogP contribution is -2.55. The number of rotatable bonds is 5. The molecule has 1 unspecified atom stereocenters. The number of nitrogens with one attached hydrogen (secondary N) is 1. The number of halogens is 4. The molecular weight excluding hydrogens is 426 g/mol. The monoisotopic (exact) mass is 443 g/mol. The van der Waals surface area contributed by atoms with Crippen molar-refractivity contribution >= 4 is 11.6 Å². The minimum Gasteiger partial charge on any atom is -0.364 e. The van der Waals surface area contributed by atoms with Gasteiger partial charge in [-0.1, -0.05) is 12.1 Å². The molecule has 0 radical (unpaired) electrons. The van der Waals surface area contributed by atoms with Gasteiger partial charge in [0.25, 0.3) is 18.4 Å². The first-order valence-electron chi connectivity index (χ1n) is 8.89. The molecule has 1 aliphatic heterocycles. The number of nitro groups is 1. The summed E-state index contributed by atoms with van der Waals surface area (Å²) in [7, 11) is 0. The van der Waals surface area contributed by atoms with Gasteiger partial charge >= 0.3 is 5.69 Å². The van der Waals surface area contributed by atoms with Crippen LogP contribution < -0.4 is 5.43 Å². The highest BCUT2D eigenvalue weighted by atomic mass is 19.3. The molecule has 31 heavy (non-hydrogen) atoms. The zero-order valence-electron chi connectivity index (χ0n) is 16.3. The van der Waals surface area contributed by atoms with Crippen molar-refractivity contribution < 1.29 is 32.4 Å². The quantitative estimate of drug-likeness (QED) is 0.417. The third-order valence-corrected chi connectivity index (χ3v) is 4.91. The molecule has 0 saturated carbocycles. The maximum atomic E-state index is 13.3. The molecule has 0 bridgehead atoms. The first-order chi connectivity index (χ1) is 14.5. The van der Waals surface area contributed by atoms with Crippen molar-refractivity contribution in [2.75, 3.05) is 0 Å². The average molecular weight is 443 g/mol. The summed E-state index contributed by atoms with van der Waals surface area (Å²) >= 11 is 0. The standard InChI is InChI=1S/C18H17F4N5O4/c1-9-14(27(30)31)10(2)25(23-9)8-11-3-5-12(6-4-11)16(28)26-18(29,17(21)22)7-13(24-26)15(19)20/h3-6,17,24,29H,7-8H2,1-2H3. The van der Waals surface area contributed by atoms with Gasteiger partial charge in [0.15, 0.2) is 0 Å². The van der Waals surface area contributed by atoms with E-state index < -0.39 is 41.2 Å². The Morgan fingerprint density at radius 2 is 1.94 bits per heavy atom. The maximum absolute atomic E-state index is 13.3. The number of amides is 1. The molecule has 0 spiro atoms. The van der Waals surface area contributed by atoms with Gasteiger partial charge in [-0.05, 0) is 31.5 Å². The molecule has 13 heteroatoms. The molecule has 1 aromatic carbocycles.